The predicted molar refractivity (Wildman–Crippen MR) is 91.6 cm³/mol. The molecule has 0 unspecified atom stereocenters. The van der Waals surface area contributed by atoms with Crippen LogP contribution in [-0.4, -0.2) is 41.2 Å². The van der Waals surface area contributed by atoms with Gasteiger partial charge in [0.2, 0.25) is 11.8 Å². The minimum atomic E-state index is -0.281. The molecule has 0 saturated carbocycles. The molecule has 0 atom stereocenters. The summed E-state index contributed by atoms with van der Waals surface area (Å²) < 4.78 is 13.3. The maximum atomic E-state index is 13.3. The van der Waals surface area contributed by atoms with Crippen molar-refractivity contribution in [1.29, 1.82) is 0 Å². The molecule has 1 fully saturated rings. The van der Waals surface area contributed by atoms with Gasteiger partial charge in [-0.3, -0.25) is 9.59 Å². The Hall–Kier alpha value is -1.91. The Kier molecular flexibility index (Phi) is 6.35. The molecule has 0 aliphatic carbocycles. The number of hydrogen-bond acceptors (Lipinski definition) is 2. The number of carbonyl (C=O) groups excluding carboxylic acids is 2. The molecular weight excluding hydrogens is 307 g/mol. The number of amides is 2. The minimum Gasteiger partial charge on any atom is -0.342 e. The zero-order chi connectivity index (χ0) is 17.7. The summed E-state index contributed by atoms with van der Waals surface area (Å²) in [6.07, 6.45) is 1.41. The van der Waals surface area contributed by atoms with E-state index in [4.69, 9.17) is 0 Å². The molecule has 4 nitrogen and oxygen atoms in total. The second-order valence-electron chi connectivity index (χ2n) is 6.74. The molecule has 1 heterocycles. The van der Waals surface area contributed by atoms with E-state index in [2.05, 4.69) is 0 Å². The third-order valence-corrected chi connectivity index (χ3v) is 4.61. The molecule has 1 aliphatic rings. The van der Waals surface area contributed by atoms with Crippen LogP contribution in [0.4, 0.5) is 4.39 Å². The summed E-state index contributed by atoms with van der Waals surface area (Å²) in [7, 11) is 0. The number of rotatable bonds is 5. The molecule has 1 aliphatic heterocycles. The van der Waals surface area contributed by atoms with Crippen LogP contribution in [0.5, 0.6) is 0 Å². The molecule has 1 saturated heterocycles. The Bertz CT molecular complexity index is 580. The highest BCUT2D eigenvalue weighted by Gasteiger charge is 2.30. The number of likely N-dealkylation sites (tertiary alicyclic amines) is 1. The van der Waals surface area contributed by atoms with Gasteiger partial charge in [0, 0.05) is 38.0 Å². The van der Waals surface area contributed by atoms with Crippen molar-refractivity contribution in [2.75, 3.05) is 19.6 Å². The van der Waals surface area contributed by atoms with Gasteiger partial charge in [-0.05, 0) is 37.5 Å². The summed E-state index contributed by atoms with van der Waals surface area (Å²) >= 11 is 0. The molecule has 0 radical (unpaired) electrons. The first-order chi connectivity index (χ1) is 11.4. The van der Waals surface area contributed by atoms with Crippen LogP contribution in [0.25, 0.3) is 0 Å². The highest BCUT2D eigenvalue weighted by atomic mass is 19.1. The normalized spacial score (nSPS) is 15.6. The molecule has 2 rings (SSSR count). The first-order valence-electron chi connectivity index (χ1n) is 8.74. The van der Waals surface area contributed by atoms with E-state index in [1.807, 2.05) is 31.7 Å². The molecule has 2 amide bonds. The summed E-state index contributed by atoms with van der Waals surface area (Å²) in [5, 5.41) is 0. The van der Waals surface area contributed by atoms with Crippen LogP contribution in [0.1, 0.15) is 39.2 Å². The Morgan fingerprint density at radius 3 is 2.50 bits per heavy atom. The van der Waals surface area contributed by atoms with Gasteiger partial charge in [-0.2, -0.15) is 0 Å². The van der Waals surface area contributed by atoms with Crippen molar-refractivity contribution < 1.29 is 14.0 Å². The topological polar surface area (TPSA) is 40.6 Å². The molecule has 0 aromatic heterocycles. The fourth-order valence-corrected chi connectivity index (χ4v) is 3.17. The maximum Gasteiger partial charge on any atom is 0.226 e. The number of nitrogens with zero attached hydrogens (tertiary/aromatic N) is 2. The van der Waals surface area contributed by atoms with Crippen molar-refractivity contribution in [2.24, 2.45) is 11.8 Å². The van der Waals surface area contributed by atoms with Crippen LogP contribution in [0, 0.1) is 17.7 Å². The number of hydrogen-bond donors (Lipinski definition) is 0. The minimum absolute atomic E-state index is 0.00244. The van der Waals surface area contributed by atoms with Crippen molar-refractivity contribution in [2.45, 2.75) is 40.2 Å². The number of halogens is 1. The average molecular weight is 334 g/mol. The largest absolute Gasteiger partial charge is 0.342 e. The van der Waals surface area contributed by atoms with E-state index in [0.29, 0.717) is 39.0 Å². The van der Waals surface area contributed by atoms with Crippen LogP contribution >= 0.6 is 0 Å². The smallest absolute Gasteiger partial charge is 0.226 e. The van der Waals surface area contributed by atoms with Crippen molar-refractivity contribution in [3.63, 3.8) is 0 Å². The van der Waals surface area contributed by atoms with Crippen molar-refractivity contribution in [3.8, 4) is 0 Å². The summed E-state index contributed by atoms with van der Waals surface area (Å²) in [5.74, 6) is -0.0602. The third-order valence-electron chi connectivity index (χ3n) is 4.61. The van der Waals surface area contributed by atoms with E-state index >= 15 is 0 Å². The first kappa shape index (κ1) is 18.4. The van der Waals surface area contributed by atoms with Gasteiger partial charge in [-0.1, -0.05) is 26.0 Å². The molecule has 0 bridgehead atoms. The summed E-state index contributed by atoms with van der Waals surface area (Å²) in [6.45, 7) is 8.05. The fraction of sp³-hybridized carbons (Fsp3) is 0.579. The zero-order valence-electron chi connectivity index (χ0n) is 14.8. The summed E-state index contributed by atoms with van der Waals surface area (Å²) in [4.78, 5) is 28.4. The van der Waals surface area contributed by atoms with Gasteiger partial charge >= 0.3 is 0 Å². The van der Waals surface area contributed by atoms with Crippen molar-refractivity contribution in [3.05, 3.63) is 35.6 Å². The van der Waals surface area contributed by atoms with E-state index in [1.165, 1.54) is 12.1 Å². The van der Waals surface area contributed by atoms with Gasteiger partial charge < -0.3 is 9.80 Å². The SMILES string of the molecule is CCN(Cc1cccc(F)c1)C(=O)C1CCN(C(=O)C(C)C)CC1. The lowest BCUT2D eigenvalue weighted by Gasteiger charge is -2.34. The van der Waals surface area contributed by atoms with Gasteiger partial charge in [-0.25, -0.2) is 4.39 Å². The lowest BCUT2D eigenvalue weighted by molar-refractivity contribution is -0.142. The van der Waals surface area contributed by atoms with Crippen LogP contribution < -0.4 is 0 Å². The fourth-order valence-electron chi connectivity index (χ4n) is 3.17. The Labute approximate surface area is 143 Å². The van der Waals surface area contributed by atoms with E-state index in [0.717, 1.165) is 5.56 Å². The van der Waals surface area contributed by atoms with Crippen molar-refractivity contribution >= 4 is 11.8 Å². The molecule has 5 heteroatoms. The van der Waals surface area contributed by atoms with Crippen molar-refractivity contribution in [1.82, 2.24) is 9.80 Å². The van der Waals surface area contributed by atoms with Crippen LogP contribution in [0.15, 0.2) is 24.3 Å². The summed E-state index contributed by atoms with van der Waals surface area (Å²) in [6, 6.07) is 6.38. The van der Waals surface area contributed by atoms with Crippen LogP contribution in [0.2, 0.25) is 0 Å². The Morgan fingerprint density at radius 1 is 1.29 bits per heavy atom. The molecule has 24 heavy (non-hydrogen) atoms. The van der Waals surface area contributed by atoms with Gasteiger partial charge in [0.05, 0.1) is 0 Å². The molecule has 0 N–H and O–H groups in total. The summed E-state index contributed by atoms with van der Waals surface area (Å²) in [5.41, 5.74) is 0.803. The lowest BCUT2D eigenvalue weighted by Crippen LogP contribution is -2.45. The number of carbonyl (C=O) groups is 2. The van der Waals surface area contributed by atoms with E-state index in [9.17, 15) is 14.0 Å². The third kappa shape index (κ3) is 4.56. The van der Waals surface area contributed by atoms with Gasteiger partial charge in [0.15, 0.2) is 0 Å². The average Bonchev–Trinajstić information content (AvgIpc) is 2.58. The molecule has 1 aromatic rings. The highest BCUT2D eigenvalue weighted by Crippen LogP contribution is 2.22. The Morgan fingerprint density at radius 2 is 1.96 bits per heavy atom. The Balaban J connectivity index is 1.94. The maximum absolute atomic E-state index is 13.3. The second kappa shape index (κ2) is 8.27. The quantitative estimate of drug-likeness (QED) is 0.830. The molecular formula is C19H27FN2O2. The standard InChI is InChI=1S/C19H27FN2O2/c1-4-21(13-15-6-5-7-17(20)12-15)19(24)16-8-10-22(11-9-16)18(23)14(2)3/h5-7,12,14,16H,4,8-11,13H2,1-3H3. The zero-order valence-corrected chi connectivity index (χ0v) is 14.8. The van der Waals surface area contributed by atoms with Crippen LogP contribution in [0.3, 0.4) is 0 Å². The van der Waals surface area contributed by atoms with E-state index in [1.54, 1.807) is 11.0 Å². The number of benzene rings is 1. The van der Waals surface area contributed by atoms with Crippen LogP contribution in [-0.2, 0) is 16.1 Å². The lowest BCUT2D eigenvalue weighted by atomic mass is 9.94. The first-order valence-corrected chi connectivity index (χ1v) is 8.74. The molecule has 0 spiro atoms. The van der Waals surface area contributed by atoms with Gasteiger partial charge in [0.25, 0.3) is 0 Å². The van der Waals surface area contributed by atoms with Gasteiger partial charge in [-0.15, -0.1) is 0 Å². The number of piperidine rings is 1. The predicted octanol–water partition coefficient (Wildman–Crippen LogP) is 3.07. The second-order valence-corrected chi connectivity index (χ2v) is 6.74. The monoisotopic (exact) mass is 334 g/mol. The molecule has 132 valence electrons. The van der Waals surface area contributed by atoms with Gasteiger partial charge in [0.1, 0.15) is 5.82 Å². The highest BCUT2D eigenvalue weighted by molar-refractivity contribution is 5.80. The molecule has 1 aromatic carbocycles. The van der Waals surface area contributed by atoms with E-state index in [-0.39, 0.29) is 29.5 Å². The van der Waals surface area contributed by atoms with E-state index < -0.39 is 0 Å².